The molecule has 0 aliphatic carbocycles. The van der Waals surface area contributed by atoms with Gasteiger partial charge < -0.3 is 10.1 Å². The lowest BCUT2D eigenvalue weighted by Crippen LogP contribution is -2.13. The number of aromatic nitrogens is 3. The second kappa shape index (κ2) is 8.42. The van der Waals surface area contributed by atoms with E-state index in [-0.39, 0.29) is 0 Å². The van der Waals surface area contributed by atoms with Crippen LogP contribution in [-0.2, 0) is 19.7 Å². The first-order chi connectivity index (χ1) is 10.3. The van der Waals surface area contributed by atoms with Crippen LogP contribution in [0.2, 0.25) is 0 Å². The second-order valence-corrected chi connectivity index (χ2v) is 5.01. The summed E-state index contributed by atoms with van der Waals surface area (Å²) in [6.45, 7) is 7.52. The highest BCUT2D eigenvalue weighted by molar-refractivity contribution is 5.28. The number of ether oxygens (including phenoxy) is 1. The maximum Gasteiger partial charge on any atom is 0.164 e. The summed E-state index contributed by atoms with van der Waals surface area (Å²) >= 11 is 0. The maximum atomic E-state index is 5.83. The first-order valence-electron chi connectivity index (χ1n) is 7.62. The van der Waals surface area contributed by atoms with Crippen molar-refractivity contribution in [3.63, 3.8) is 0 Å². The molecule has 1 N–H and O–H groups in total. The van der Waals surface area contributed by atoms with Gasteiger partial charge in [-0.05, 0) is 37.1 Å². The van der Waals surface area contributed by atoms with Crippen molar-refractivity contribution in [1.29, 1.82) is 0 Å². The van der Waals surface area contributed by atoms with Gasteiger partial charge in [0, 0.05) is 13.1 Å². The molecule has 21 heavy (non-hydrogen) atoms. The third-order valence-electron chi connectivity index (χ3n) is 3.15. The van der Waals surface area contributed by atoms with Crippen molar-refractivity contribution < 1.29 is 4.74 Å². The third kappa shape index (κ3) is 4.86. The molecule has 0 saturated heterocycles. The van der Waals surface area contributed by atoms with E-state index in [2.05, 4.69) is 41.4 Å². The minimum absolute atomic E-state index is 0.450. The van der Waals surface area contributed by atoms with E-state index in [1.165, 1.54) is 5.56 Å². The molecule has 1 heterocycles. The van der Waals surface area contributed by atoms with Gasteiger partial charge in [-0.1, -0.05) is 26.0 Å². The third-order valence-corrected chi connectivity index (χ3v) is 3.15. The molecule has 0 atom stereocenters. The lowest BCUT2D eigenvalue weighted by molar-refractivity contribution is 0.286. The van der Waals surface area contributed by atoms with E-state index in [0.29, 0.717) is 6.61 Å². The highest BCUT2D eigenvalue weighted by atomic mass is 16.5. The van der Waals surface area contributed by atoms with Gasteiger partial charge in [0.1, 0.15) is 18.7 Å². The van der Waals surface area contributed by atoms with Gasteiger partial charge >= 0.3 is 0 Å². The SMILES string of the molecule is CCCNCc1cccc(OCc2ncnn2CCC)c1. The molecule has 0 radical (unpaired) electrons. The summed E-state index contributed by atoms with van der Waals surface area (Å²) in [5, 5.41) is 7.59. The van der Waals surface area contributed by atoms with Crippen LogP contribution in [0.3, 0.4) is 0 Å². The fraction of sp³-hybridized carbons (Fsp3) is 0.500. The van der Waals surface area contributed by atoms with Crippen molar-refractivity contribution in [2.45, 2.75) is 46.4 Å². The molecule has 0 fully saturated rings. The van der Waals surface area contributed by atoms with E-state index in [1.54, 1.807) is 6.33 Å². The zero-order valence-electron chi connectivity index (χ0n) is 12.9. The standard InChI is InChI=1S/C16H24N4O/c1-3-8-17-11-14-6-5-7-15(10-14)21-12-16-18-13-19-20(16)9-4-2/h5-7,10,13,17H,3-4,8-9,11-12H2,1-2H3. The van der Waals surface area contributed by atoms with Gasteiger partial charge in [-0.15, -0.1) is 0 Å². The van der Waals surface area contributed by atoms with Crippen LogP contribution in [0.25, 0.3) is 0 Å². The molecule has 5 heteroatoms. The van der Waals surface area contributed by atoms with Crippen LogP contribution in [-0.4, -0.2) is 21.3 Å². The quantitative estimate of drug-likeness (QED) is 0.721. The van der Waals surface area contributed by atoms with Crippen LogP contribution in [0.1, 0.15) is 38.1 Å². The highest BCUT2D eigenvalue weighted by Crippen LogP contribution is 2.14. The van der Waals surface area contributed by atoms with E-state index >= 15 is 0 Å². The minimum Gasteiger partial charge on any atom is -0.486 e. The van der Waals surface area contributed by atoms with Crippen molar-refractivity contribution in [3.8, 4) is 5.75 Å². The Kier molecular flexibility index (Phi) is 6.22. The number of aryl methyl sites for hydroxylation is 1. The number of hydrogen-bond donors (Lipinski definition) is 1. The molecule has 2 rings (SSSR count). The van der Waals surface area contributed by atoms with Crippen LogP contribution in [0.5, 0.6) is 5.75 Å². The van der Waals surface area contributed by atoms with Gasteiger partial charge in [-0.25, -0.2) is 9.67 Å². The van der Waals surface area contributed by atoms with Crippen molar-refractivity contribution in [2.75, 3.05) is 6.54 Å². The van der Waals surface area contributed by atoms with Gasteiger partial charge in [-0.3, -0.25) is 0 Å². The van der Waals surface area contributed by atoms with Crippen molar-refractivity contribution in [3.05, 3.63) is 42.0 Å². The van der Waals surface area contributed by atoms with Crippen molar-refractivity contribution in [1.82, 2.24) is 20.1 Å². The maximum absolute atomic E-state index is 5.83. The van der Waals surface area contributed by atoms with E-state index in [1.807, 2.05) is 16.8 Å². The molecule has 5 nitrogen and oxygen atoms in total. The first kappa shape index (κ1) is 15.5. The Bertz CT molecular complexity index is 539. The van der Waals surface area contributed by atoms with Crippen LogP contribution < -0.4 is 10.1 Å². The Morgan fingerprint density at radius 2 is 2.14 bits per heavy atom. The lowest BCUT2D eigenvalue weighted by atomic mass is 10.2. The molecule has 0 unspecified atom stereocenters. The van der Waals surface area contributed by atoms with Gasteiger partial charge in [0.2, 0.25) is 0 Å². The van der Waals surface area contributed by atoms with Crippen LogP contribution in [0.15, 0.2) is 30.6 Å². The van der Waals surface area contributed by atoms with Crippen LogP contribution in [0, 0.1) is 0 Å². The topological polar surface area (TPSA) is 52.0 Å². The van der Waals surface area contributed by atoms with Crippen LogP contribution >= 0.6 is 0 Å². The molecule has 0 bridgehead atoms. The van der Waals surface area contributed by atoms with Crippen molar-refractivity contribution in [2.24, 2.45) is 0 Å². The smallest absolute Gasteiger partial charge is 0.164 e. The van der Waals surface area contributed by atoms with Gasteiger partial charge in [0.25, 0.3) is 0 Å². The summed E-state index contributed by atoms with van der Waals surface area (Å²) in [5.41, 5.74) is 1.23. The Morgan fingerprint density at radius 1 is 1.24 bits per heavy atom. The summed E-state index contributed by atoms with van der Waals surface area (Å²) in [5.74, 6) is 1.74. The highest BCUT2D eigenvalue weighted by Gasteiger charge is 2.05. The number of nitrogens with one attached hydrogen (secondary N) is 1. The summed E-state index contributed by atoms with van der Waals surface area (Å²) in [6, 6.07) is 8.18. The molecule has 0 amide bonds. The molecular weight excluding hydrogens is 264 g/mol. The normalized spacial score (nSPS) is 10.8. The minimum atomic E-state index is 0.450. The van der Waals surface area contributed by atoms with Gasteiger partial charge in [0.05, 0.1) is 0 Å². The summed E-state index contributed by atoms with van der Waals surface area (Å²) in [4.78, 5) is 4.25. The lowest BCUT2D eigenvalue weighted by Gasteiger charge is -2.09. The van der Waals surface area contributed by atoms with E-state index in [4.69, 9.17) is 4.74 Å². The predicted molar refractivity (Wildman–Crippen MR) is 83.1 cm³/mol. The van der Waals surface area contributed by atoms with Crippen LogP contribution in [0.4, 0.5) is 0 Å². The fourth-order valence-electron chi connectivity index (χ4n) is 2.10. The number of rotatable bonds is 9. The molecule has 1 aromatic heterocycles. The monoisotopic (exact) mass is 288 g/mol. The average molecular weight is 288 g/mol. The Morgan fingerprint density at radius 3 is 2.95 bits per heavy atom. The average Bonchev–Trinajstić information content (AvgIpc) is 2.94. The molecule has 0 aliphatic rings. The predicted octanol–water partition coefficient (Wildman–Crippen LogP) is 2.77. The van der Waals surface area contributed by atoms with Crippen molar-refractivity contribution >= 4 is 0 Å². The summed E-state index contributed by atoms with van der Waals surface area (Å²) in [6.07, 6.45) is 3.76. The Hall–Kier alpha value is -1.88. The molecule has 2 aromatic rings. The summed E-state index contributed by atoms with van der Waals surface area (Å²) < 4.78 is 7.73. The fourth-order valence-corrected chi connectivity index (χ4v) is 2.10. The Balaban J connectivity index is 1.90. The molecule has 0 spiro atoms. The number of hydrogen-bond acceptors (Lipinski definition) is 4. The van der Waals surface area contributed by atoms with E-state index < -0.39 is 0 Å². The molecule has 0 saturated carbocycles. The molecule has 1 aromatic carbocycles. The second-order valence-electron chi connectivity index (χ2n) is 5.01. The zero-order valence-corrected chi connectivity index (χ0v) is 12.9. The number of nitrogens with zero attached hydrogens (tertiary/aromatic N) is 3. The Labute approximate surface area is 126 Å². The molecule has 0 aliphatic heterocycles. The van der Waals surface area contributed by atoms with E-state index in [9.17, 15) is 0 Å². The van der Waals surface area contributed by atoms with E-state index in [0.717, 1.165) is 44.0 Å². The molecule has 114 valence electrons. The summed E-state index contributed by atoms with van der Waals surface area (Å²) in [7, 11) is 0. The molecular formula is C16H24N4O. The largest absolute Gasteiger partial charge is 0.486 e. The number of benzene rings is 1. The van der Waals surface area contributed by atoms with Gasteiger partial charge in [0.15, 0.2) is 5.82 Å². The van der Waals surface area contributed by atoms with Gasteiger partial charge in [-0.2, -0.15) is 5.10 Å². The first-order valence-corrected chi connectivity index (χ1v) is 7.62. The zero-order chi connectivity index (χ0) is 14.9.